The summed E-state index contributed by atoms with van der Waals surface area (Å²) < 4.78 is 11.9. The molecule has 1 fully saturated rings. The molecule has 2 atom stereocenters. The van der Waals surface area contributed by atoms with Crippen LogP contribution in [0.3, 0.4) is 0 Å². The Kier molecular flexibility index (Phi) is 6.26. The summed E-state index contributed by atoms with van der Waals surface area (Å²) in [6.07, 6.45) is 4.22. The minimum Gasteiger partial charge on any atom is -0.459 e. The number of benzene rings is 1. The second kappa shape index (κ2) is 7.83. The molecule has 0 unspecified atom stereocenters. The molecule has 0 aromatic heterocycles. The monoisotopic (exact) mass is 348 g/mol. The first kappa shape index (κ1) is 19.2. The van der Waals surface area contributed by atoms with Gasteiger partial charge in [-0.2, -0.15) is 0 Å². The third-order valence-corrected chi connectivity index (χ3v) is 10.1. The molecule has 3 nitrogen and oxygen atoms in total. The number of rotatable bonds is 6. The molecule has 1 aromatic carbocycles. The fourth-order valence-electron chi connectivity index (χ4n) is 2.89. The van der Waals surface area contributed by atoms with E-state index in [0.717, 1.165) is 32.3 Å². The van der Waals surface area contributed by atoms with Gasteiger partial charge in [-0.15, -0.1) is 0 Å². The van der Waals surface area contributed by atoms with Crippen molar-refractivity contribution in [3.63, 3.8) is 0 Å². The van der Waals surface area contributed by atoms with Gasteiger partial charge < -0.3 is 9.16 Å². The summed E-state index contributed by atoms with van der Waals surface area (Å²) in [4.78, 5) is 12.1. The lowest BCUT2D eigenvalue weighted by atomic mass is 10.1. The molecule has 0 bridgehead atoms. The van der Waals surface area contributed by atoms with Crippen LogP contribution in [0.1, 0.15) is 56.8 Å². The van der Waals surface area contributed by atoms with Crippen LogP contribution in [0.5, 0.6) is 0 Å². The van der Waals surface area contributed by atoms with E-state index in [1.54, 1.807) is 0 Å². The van der Waals surface area contributed by atoms with Crippen molar-refractivity contribution in [2.75, 3.05) is 6.61 Å². The molecule has 1 aliphatic carbocycles. The van der Waals surface area contributed by atoms with Crippen LogP contribution in [0, 0.1) is 5.92 Å². The van der Waals surface area contributed by atoms with E-state index in [0.29, 0.717) is 11.5 Å². The maximum absolute atomic E-state index is 12.1. The van der Waals surface area contributed by atoms with Crippen molar-refractivity contribution in [1.29, 1.82) is 0 Å². The summed E-state index contributed by atoms with van der Waals surface area (Å²) in [5.41, 5.74) is 0.641. The van der Waals surface area contributed by atoms with Gasteiger partial charge in [0.05, 0.1) is 5.56 Å². The number of esters is 1. The highest BCUT2D eigenvalue weighted by Crippen LogP contribution is 2.37. The van der Waals surface area contributed by atoms with Gasteiger partial charge in [0.25, 0.3) is 0 Å². The Balaban J connectivity index is 1.73. The molecule has 0 radical (unpaired) electrons. The minimum absolute atomic E-state index is 0.0653. The highest BCUT2D eigenvalue weighted by Gasteiger charge is 2.37. The van der Waals surface area contributed by atoms with E-state index >= 15 is 0 Å². The lowest BCUT2D eigenvalue weighted by Crippen LogP contribution is -2.41. The third kappa shape index (κ3) is 5.18. The topological polar surface area (TPSA) is 35.5 Å². The van der Waals surface area contributed by atoms with E-state index in [1.807, 2.05) is 30.3 Å². The standard InChI is InChI=1S/C20H32O3Si/c1-20(2,3)24(4,5)22-14-13-16-11-12-18(15-16)23-19(21)17-9-7-6-8-10-17/h6-10,16,18H,11-15H2,1-5H3/t16-,18+/m1/s1. The molecule has 0 aliphatic heterocycles. The molecule has 24 heavy (non-hydrogen) atoms. The second-order valence-electron chi connectivity index (χ2n) is 8.47. The van der Waals surface area contributed by atoms with Crippen molar-refractivity contribution in [2.24, 2.45) is 5.92 Å². The summed E-state index contributed by atoms with van der Waals surface area (Å²) >= 11 is 0. The van der Waals surface area contributed by atoms with E-state index in [9.17, 15) is 4.79 Å². The average Bonchev–Trinajstić information content (AvgIpc) is 2.94. The first-order valence-corrected chi connectivity index (χ1v) is 12.0. The predicted molar refractivity (Wildman–Crippen MR) is 101 cm³/mol. The van der Waals surface area contributed by atoms with Gasteiger partial charge in [-0.05, 0) is 61.9 Å². The van der Waals surface area contributed by atoms with Crippen molar-refractivity contribution in [2.45, 2.75) is 70.7 Å². The number of hydrogen-bond donors (Lipinski definition) is 0. The number of hydrogen-bond acceptors (Lipinski definition) is 3. The van der Waals surface area contributed by atoms with Gasteiger partial charge in [0.1, 0.15) is 6.10 Å². The van der Waals surface area contributed by atoms with Gasteiger partial charge in [0.15, 0.2) is 8.32 Å². The molecule has 0 amide bonds. The fourth-order valence-corrected chi connectivity index (χ4v) is 3.95. The first-order chi connectivity index (χ1) is 11.2. The fraction of sp³-hybridized carbons (Fsp3) is 0.650. The average molecular weight is 349 g/mol. The summed E-state index contributed by atoms with van der Waals surface area (Å²) in [6.45, 7) is 12.2. The van der Waals surface area contributed by atoms with Crippen LogP contribution in [0.4, 0.5) is 0 Å². The van der Waals surface area contributed by atoms with E-state index < -0.39 is 8.32 Å². The maximum Gasteiger partial charge on any atom is 0.338 e. The van der Waals surface area contributed by atoms with Crippen molar-refractivity contribution in [3.8, 4) is 0 Å². The van der Waals surface area contributed by atoms with Gasteiger partial charge >= 0.3 is 5.97 Å². The second-order valence-corrected chi connectivity index (χ2v) is 13.3. The molecular formula is C20H32O3Si. The Hall–Kier alpha value is -1.13. The Morgan fingerprint density at radius 2 is 1.83 bits per heavy atom. The quantitative estimate of drug-likeness (QED) is 0.508. The van der Waals surface area contributed by atoms with E-state index in [4.69, 9.17) is 9.16 Å². The van der Waals surface area contributed by atoms with Crippen LogP contribution in [0.25, 0.3) is 0 Å². The molecule has 1 saturated carbocycles. The highest BCUT2D eigenvalue weighted by atomic mass is 28.4. The Labute approximate surface area is 147 Å². The SMILES string of the molecule is CC(C)(C)[Si](C)(C)OCC[C@H]1CC[C@H](OC(=O)c2ccccc2)C1. The summed E-state index contributed by atoms with van der Waals surface area (Å²) in [6, 6.07) is 9.26. The van der Waals surface area contributed by atoms with E-state index in [1.165, 1.54) is 0 Å². The normalized spacial score (nSPS) is 21.7. The molecule has 0 saturated heterocycles. The first-order valence-electron chi connectivity index (χ1n) is 9.09. The van der Waals surface area contributed by atoms with E-state index in [2.05, 4.69) is 33.9 Å². The lowest BCUT2D eigenvalue weighted by molar-refractivity contribution is 0.0307. The van der Waals surface area contributed by atoms with Crippen LogP contribution < -0.4 is 0 Å². The molecule has 0 spiro atoms. The van der Waals surface area contributed by atoms with Gasteiger partial charge in [-0.3, -0.25) is 0 Å². The maximum atomic E-state index is 12.1. The van der Waals surface area contributed by atoms with E-state index in [-0.39, 0.29) is 17.1 Å². The van der Waals surface area contributed by atoms with Crippen LogP contribution >= 0.6 is 0 Å². The van der Waals surface area contributed by atoms with Crippen molar-refractivity contribution in [3.05, 3.63) is 35.9 Å². The molecule has 134 valence electrons. The minimum atomic E-state index is -1.65. The zero-order valence-corrected chi connectivity index (χ0v) is 16.8. The van der Waals surface area contributed by atoms with Crippen LogP contribution in [-0.4, -0.2) is 27.0 Å². The summed E-state index contributed by atoms with van der Waals surface area (Å²) in [7, 11) is -1.65. The molecule has 1 aliphatic rings. The Morgan fingerprint density at radius 3 is 2.46 bits per heavy atom. The number of carbonyl (C=O) groups excluding carboxylic acids is 1. The Morgan fingerprint density at radius 1 is 1.17 bits per heavy atom. The number of carbonyl (C=O) groups is 1. The van der Waals surface area contributed by atoms with Gasteiger partial charge in [0, 0.05) is 6.61 Å². The molecule has 4 heteroatoms. The predicted octanol–water partition coefficient (Wildman–Crippen LogP) is 5.42. The van der Waals surface area contributed by atoms with Crippen molar-refractivity contribution in [1.82, 2.24) is 0 Å². The van der Waals surface area contributed by atoms with Crippen LogP contribution in [0.15, 0.2) is 30.3 Å². The van der Waals surface area contributed by atoms with Gasteiger partial charge in [-0.25, -0.2) is 4.79 Å². The number of ether oxygens (including phenoxy) is 1. The molecular weight excluding hydrogens is 316 g/mol. The third-order valence-electron chi connectivity index (χ3n) is 5.57. The van der Waals surface area contributed by atoms with Crippen molar-refractivity contribution < 1.29 is 14.0 Å². The molecule has 2 rings (SSSR count). The van der Waals surface area contributed by atoms with Crippen molar-refractivity contribution >= 4 is 14.3 Å². The summed E-state index contributed by atoms with van der Waals surface area (Å²) in [5.74, 6) is 0.419. The van der Waals surface area contributed by atoms with Gasteiger partial charge in [-0.1, -0.05) is 39.0 Å². The van der Waals surface area contributed by atoms with Gasteiger partial charge in [0.2, 0.25) is 0 Å². The lowest BCUT2D eigenvalue weighted by Gasteiger charge is -2.36. The molecule has 0 heterocycles. The molecule has 1 aromatic rings. The highest BCUT2D eigenvalue weighted by molar-refractivity contribution is 6.74. The van der Waals surface area contributed by atoms with Crippen LogP contribution in [-0.2, 0) is 9.16 Å². The Bertz CT molecular complexity index is 534. The zero-order chi connectivity index (χ0) is 17.8. The smallest absolute Gasteiger partial charge is 0.338 e. The largest absolute Gasteiger partial charge is 0.459 e. The van der Waals surface area contributed by atoms with Crippen LogP contribution in [0.2, 0.25) is 18.1 Å². The summed E-state index contributed by atoms with van der Waals surface area (Å²) in [5, 5.41) is 0.260. The molecule has 0 N–H and O–H groups in total. The zero-order valence-electron chi connectivity index (χ0n) is 15.8.